The van der Waals surface area contributed by atoms with Crippen molar-refractivity contribution < 1.29 is 4.79 Å². The molecule has 1 aromatic heterocycles. The van der Waals surface area contributed by atoms with E-state index in [9.17, 15) is 4.79 Å². The molecule has 1 heterocycles. The summed E-state index contributed by atoms with van der Waals surface area (Å²) in [6.07, 6.45) is 0. The fourth-order valence-electron chi connectivity index (χ4n) is 1.42. The van der Waals surface area contributed by atoms with Crippen LogP contribution in [0.1, 0.15) is 0 Å². The van der Waals surface area contributed by atoms with Crippen molar-refractivity contribution in [2.45, 2.75) is 5.16 Å². The van der Waals surface area contributed by atoms with Gasteiger partial charge in [0.05, 0.1) is 11.4 Å². The van der Waals surface area contributed by atoms with Gasteiger partial charge in [0.15, 0.2) is 5.16 Å². The van der Waals surface area contributed by atoms with Crippen LogP contribution in [0.15, 0.2) is 30.7 Å². The molecule has 0 spiro atoms. The highest BCUT2D eigenvalue weighted by molar-refractivity contribution is 9.11. The van der Waals surface area contributed by atoms with Crippen molar-refractivity contribution in [1.82, 2.24) is 14.8 Å². The number of hydrogen-bond donors (Lipinski definition) is 2. The molecule has 2 aromatic rings. The van der Waals surface area contributed by atoms with Crippen LogP contribution in [0.25, 0.3) is 0 Å². The Kier molecular flexibility index (Phi) is 5.69. The number of hydrogen-bond acceptors (Lipinski definition) is 5. The third-order valence-corrected chi connectivity index (χ3v) is 5.20. The topological polar surface area (TPSA) is 85.8 Å². The zero-order valence-corrected chi connectivity index (χ0v) is 16.3. The highest BCUT2D eigenvalue weighted by Gasteiger charge is 2.13. The summed E-state index contributed by atoms with van der Waals surface area (Å²) in [5, 5.41) is 11.1. The van der Waals surface area contributed by atoms with Crippen molar-refractivity contribution in [3.63, 3.8) is 0 Å². The van der Waals surface area contributed by atoms with E-state index < -0.39 is 0 Å². The van der Waals surface area contributed by atoms with Crippen LogP contribution in [0.5, 0.6) is 0 Å². The Morgan fingerprint density at radius 3 is 2.48 bits per heavy atom. The van der Waals surface area contributed by atoms with Crippen molar-refractivity contribution in [2.24, 2.45) is 7.05 Å². The molecule has 0 unspecified atom stereocenters. The van der Waals surface area contributed by atoms with Gasteiger partial charge in [-0.15, -0.1) is 10.2 Å². The number of halogens is 3. The average Bonchev–Trinajstić information content (AvgIpc) is 2.72. The van der Waals surface area contributed by atoms with Gasteiger partial charge >= 0.3 is 0 Å². The molecule has 21 heavy (non-hydrogen) atoms. The number of amides is 1. The molecule has 10 heteroatoms. The van der Waals surface area contributed by atoms with Crippen LogP contribution in [0.3, 0.4) is 0 Å². The van der Waals surface area contributed by atoms with Gasteiger partial charge in [-0.1, -0.05) is 27.7 Å². The summed E-state index contributed by atoms with van der Waals surface area (Å²) in [5.41, 5.74) is 6.26. The van der Waals surface area contributed by atoms with Crippen LogP contribution >= 0.6 is 59.6 Å². The van der Waals surface area contributed by atoms with E-state index in [-0.39, 0.29) is 11.7 Å². The fraction of sp³-hybridized carbons (Fsp3) is 0.182. The summed E-state index contributed by atoms with van der Waals surface area (Å²) in [7, 11) is 1.75. The lowest BCUT2D eigenvalue weighted by atomic mass is 10.3. The number of rotatable bonds is 4. The first kappa shape index (κ1) is 16.8. The molecule has 0 aliphatic rings. The van der Waals surface area contributed by atoms with Gasteiger partial charge < -0.3 is 11.1 Å². The third-order valence-electron chi connectivity index (χ3n) is 2.47. The van der Waals surface area contributed by atoms with Crippen LogP contribution in [0.4, 0.5) is 11.6 Å². The maximum Gasteiger partial charge on any atom is 0.234 e. The first-order chi connectivity index (χ1) is 9.88. The normalized spacial score (nSPS) is 10.7. The average molecular weight is 500 g/mol. The van der Waals surface area contributed by atoms with Crippen molar-refractivity contribution in [1.29, 1.82) is 0 Å². The van der Waals surface area contributed by atoms with E-state index in [1.54, 1.807) is 11.6 Å². The van der Waals surface area contributed by atoms with Crippen molar-refractivity contribution in [3.8, 4) is 0 Å². The summed E-state index contributed by atoms with van der Waals surface area (Å²) < 4.78 is 4.10. The Morgan fingerprint density at radius 2 is 1.95 bits per heavy atom. The monoisotopic (exact) mass is 497 g/mol. The lowest BCUT2D eigenvalue weighted by Gasteiger charge is -2.10. The fourth-order valence-corrected chi connectivity index (χ4v) is 4.59. The minimum Gasteiger partial charge on any atom is -0.368 e. The Morgan fingerprint density at radius 1 is 1.33 bits per heavy atom. The number of nitrogens with zero attached hydrogens (tertiary/aromatic N) is 3. The number of aromatic nitrogens is 3. The molecular formula is C11H10Br3N5OS. The number of benzene rings is 1. The summed E-state index contributed by atoms with van der Waals surface area (Å²) in [6, 6.07) is 3.72. The molecule has 0 aliphatic carbocycles. The van der Waals surface area contributed by atoms with Gasteiger partial charge in [0.1, 0.15) is 0 Å². The molecule has 0 bridgehead atoms. The molecule has 6 nitrogen and oxygen atoms in total. The highest BCUT2D eigenvalue weighted by Crippen LogP contribution is 2.34. The second-order valence-electron chi connectivity index (χ2n) is 3.98. The molecule has 0 radical (unpaired) electrons. The predicted octanol–water partition coefficient (Wildman–Crippen LogP) is 3.42. The van der Waals surface area contributed by atoms with E-state index in [0.717, 1.165) is 13.4 Å². The molecule has 0 aliphatic heterocycles. The van der Waals surface area contributed by atoms with E-state index in [2.05, 4.69) is 63.3 Å². The van der Waals surface area contributed by atoms with Gasteiger partial charge in [0, 0.05) is 20.5 Å². The zero-order valence-electron chi connectivity index (χ0n) is 10.7. The second-order valence-corrected chi connectivity index (χ2v) is 7.55. The quantitative estimate of drug-likeness (QED) is 0.630. The van der Waals surface area contributed by atoms with E-state index >= 15 is 0 Å². The van der Waals surface area contributed by atoms with Gasteiger partial charge in [-0.2, -0.15) is 0 Å². The van der Waals surface area contributed by atoms with E-state index in [1.165, 1.54) is 11.8 Å². The van der Waals surface area contributed by atoms with Crippen LogP contribution in [-0.4, -0.2) is 26.4 Å². The largest absolute Gasteiger partial charge is 0.368 e. The Balaban J connectivity index is 2.01. The summed E-state index contributed by atoms with van der Waals surface area (Å²) in [6.45, 7) is 0. The standard InChI is InChI=1S/C11H10Br3N5OS/c1-19-10(15)17-18-11(19)21-4-8(20)16-9-6(13)2-5(12)3-7(9)14/h2-3H,4H2,1H3,(H2,15,17)(H,16,20). The summed E-state index contributed by atoms with van der Waals surface area (Å²) in [4.78, 5) is 12.0. The number of anilines is 2. The molecule has 3 N–H and O–H groups in total. The zero-order chi connectivity index (χ0) is 15.6. The van der Waals surface area contributed by atoms with Gasteiger partial charge in [-0.25, -0.2) is 0 Å². The molecular weight excluding hydrogens is 490 g/mol. The lowest BCUT2D eigenvalue weighted by Crippen LogP contribution is -2.15. The number of nitrogens with one attached hydrogen (secondary N) is 1. The second kappa shape index (κ2) is 7.12. The molecule has 1 amide bonds. The number of nitrogens with two attached hydrogens (primary N) is 1. The molecule has 112 valence electrons. The lowest BCUT2D eigenvalue weighted by molar-refractivity contribution is -0.113. The van der Waals surface area contributed by atoms with Gasteiger partial charge in [0.2, 0.25) is 11.9 Å². The van der Waals surface area contributed by atoms with Crippen LogP contribution in [0.2, 0.25) is 0 Å². The first-order valence-corrected chi connectivity index (χ1v) is 8.97. The molecule has 2 rings (SSSR count). The molecule has 0 atom stereocenters. The minimum absolute atomic E-state index is 0.148. The van der Waals surface area contributed by atoms with Gasteiger partial charge in [-0.3, -0.25) is 9.36 Å². The number of thioether (sulfide) groups is 1. The minimum atomic E-state index is -0.148. The van der Waals surface area contributed by atoms with E-state index in [0.29, 0.717) is 16.8 Å². The smallest absolute Gasteiger partial charge is 0.234 e. The predicted molar refractivity (Wildman–Crippen MR) is 94.3 cm³/mol. The van der Waals surface area contributed by atoms with Crippen LogP contribution < -0.4 is 11.1 Å². The first-order valence-electron chi connectivity index (χ1n) is 5.60. The highest BCUT2D eigenvalue weighted by atomic mass is 79.9. The molecule has 0 saturated heterocycles. The SMILES string of the molecule is Cn1c(N)nnc1SCC(=O)Nc1c(Br)cc(Br)cc1Br. The third kappa shape index (κ3) is 4.21. The number of carbonyl (C=O) groups is 1. The number of carbonyl (C=O) groups excluding carboxylic acids is 1. The van der Waals surface area contributed by atoms with Gasteiger partial charge in [0.25, 0.3) is 0 Å². The Bertz CT molecular complexity index is 667. The number of nitrogen functional groups attached to an aromatic ring is 1. The maximum absolute atomic E-state index is 12.0. The maximum atomic E-state index is 12.0. The molecule has 0 saturated carbocycles. The summed E-state index contributed by atoms with van der Waals surface area (Å²) in [5.74, 6) is 0.377. The van der Waals surface area contributed by atoms with Crippen LogP contribution in [-0.2, 0) is 11.8 Å². The Labute approximate surface area is 150 Å². The van der Waals surface area contributed by atoms with Crippen molar-refractivity contribution >= 4 is 77.1 Å². The molecule has 1 aromatic carbocycles. The van der Waals surface area contributed by atoms with E-state index in [4.69, 9.17) is 5.73 Å². The van der Waals surface area contributed by atoms with Gasteiger partial charge in [-0.05, 0) is 44.0 Å². The summed E-state index contributed by atoms with van der Waals surface area (Å²) >= 11 is 11.5. The Hall–Kier alpha value is -0.580. The van der Waals surface area contributed by atoms with Crippen LogP contribution in [0, 0.1) is 0 Å². The van der Waals surface area contributed by atoms with Crippen molar-refractivity contribution in [3.05, 3.63) is 25.6 Å². The van der Waals surface area contributed by atoms with Crippen molar-refractivity contribution in [2.75, 3.05) is 16.8 Å². The van der Waals surface area contributed by atoms with E-state index in [1.807, 2.05) is 12.1 Å². The molecule has 0 fully saturated rings.